The van der Waals surface area contributed by atoms with Crippen molar-refractivity contribution >= 4 is 23.9 Å². The number of aliphatic imine (C=N–C) groups is 1. The molecule has 3 nitrogen and oxygen atoms in total. The summed E-state index contributed by atoms with van der Waals surface area (Å²) >= 11 is 6.51. The highest BCUT2D eigenvalue weighted by Crippen LogP contribution is 2.51. The molecule has 2 atom stereocenters. The van der Waals surface area contributed by atoms with Crippen LogP contribution in [0.5, 0.6) is 0 Å². The molecule has 4 heteroatoms. The van der Waals surface area contributed by atoms with E-state index in [0.29, 0.717) is 5.03 Å². The number of aromatic nitrogens is 1. The van der Waals surface area contributed by atoms with Crippen molar-refractivity contribution < 1.29 is 0 Å². The molecule has 0 fully saturated rings. The Morgan fingerprint density at radius 1 is 1.25 bits per heavy atom. The van der Waals surface area contributed by atoms with E-state index in [1.165, 1.54) is 11.1 Å². The molecule has 1 aromatic carbocycles. The monoisotopic (exact) mass is 390 g/mol. The molecular formula is C24H23ClN2O. The van der Waals surface area contributed by atoms with Gasteiger partial charge < -0.3 is 4.98 Å². The van der Waals surface area contributed by atoms with E-state index < -0.39 is 5.54 Å². The van der Waals surface area contributed by atoms with Crippen LogP contribution in [0.25, 0.3) is 6.08 Å². The van der Waals surface area contributed by atoms with E-state index >= 15 is 0 Å². The lowest BCUT2D eigenvalue weighted by Crippen LogP contribution is -2.40. The summed E-state index contributed by atoms with van der Waals surface area (Å²) < 4.78 is 0. The quantitative estimate of drug-likeness (QED) is 0.554. The molecule has 0 amide bonds. The van der Waals surface area contributed by atoms with Crippen LogP contribution < -0.4 is 5.56 Å². The molecule has 0 aliphatic heterocycles. The summed E-state index contributed by atoms with van der Waals surface area (Å²) in [6.45, 7) is 4.22. The van der Waals surface area contributed by atoms with E-state index in [1.54, 1.807) is 12.3 Å². The van der Waals surface area contributed by atoms with Gasteiger partial charge in [0, 0.05) is 35.9 Å². The number of nitrogens with zero attached hydrogens (tertiary/aromatic N) is 1. The number of H-pyrrole nitrogens is 1. The van der Waals surface area contributed by atoms with Crippen LogP contribution in [0.4, 0.5) is 0 Å². The first-order valence-corrected chi connectivity index (χ1v) is 9.94. The molecule has 4 rings (SSSR count). The van der Waals surface area contributed by atoms with Crippen molar-refractivity contribution in [2.45, 2.75) is 32.2 Å². The number of allylic oxidation sites excluding steroid dienone is 3. The summed E-state index contributed by atoms with van der Waals surface area (Å²) in [5.41, 5.74) is 5.10. The molecule has 2 bridgehead atoms. The Morgan fingerprint density at radius 3 is 2.79 bits per heavy atom. The average Bonchev–Trinajstić information content (AvgIpc) is 2.66. The van der Waals surface area contributed by atoms with Gasteiger partial charge in [-0.25, -0.2) is 0 Å². The van der Waals surface area contributed by atoms with Gasteiger partial charge in [0.25, 0.3) is 0 Å². The Balaban J connectivity index is 1.83. The molecule has 0 saturated heterocycles. The van der Waals surface area contributed by atoms with Gasteiger partial charge in [0.1, 0.15) is 5.54 Å². The van der Waals surface area contributed by atoms with Crippen LogP contribution in [0, 0.1) is 5.92 Å². The van der Waals surface area contributed by atoms with Crippen LogP contribution in [-0.2, 0) is 12.0 Å². The van der Waals surface area contributed by atoms with E-state index in [4.69, 9.17) is 16.6 Å². The summed E-state index contributed by atoms with van der Waals surface area (Å²) in [4.78, 5) is 20.0. The third-order valence-corrected chi connectivity index (χ3v) is 5.80. The fourth-order valence-electron chi connectivity index (χ4n) is 4.57. The van der Waals surface area contributed by atoms with Crippen LogP contribution in [0.2, 0.25) is 0 Å². The second-order valence-corrected chi connectivity index (χ2v) is 7.95. The molecule has 1 heterocycles. The number of nitrogens with one attached hydrogen (secondary N) is 1. The second kappa shape index (κ2) is 7.40. The Morgan fingerprint density at radius 2 is 2.04 bits per heavy atom. The maximum Gasteiger partial charge on any atom is 0.248 e. The highest BCUT2D eigenvalue weighted by Gasteiger charge is 2.46. The van der Waals surface area contributed by atoms with Gasteiger partial charge >= 0.3 is 0 Å². The second-order valence-electron chi connectivity index (χ2n) is 7.52. The van der Waals surface area contributed by atoms with Crippen LogP contribution in [0.3, 0.4) is 0 Å². The lowest BCUT2D eigenvalue weighted by Gasteiger charge is -2.45. The van der Waals surface area contributed by atoms with Gasteiger partial charge in [-0.2, -0.15) is 0 Å². The molecule has 2 unspecified atom stereocenters. The number of aromatic amines is 1. The fraction of sp³-hybridized carbons (Fsp3) is 0.250. The third-order valence-electron chi connectivity index (χ3n) is 5.59. The third kappa shape index (κ3) is 3.31. The molecule has 2 aromatic rings. The number of fused-ring (bicyclic) bond motifs is 4. The number of pyridine rings is 1. The molecule has 2 aliphatic carbocycles. The zero-order chi connectivity index (χ0) is 19.7. The summed E-state index contributed by atoms with van der Waals surface area (Å²) in [5.74, 6) is 0.248. The topological polar surface area (TPSA) is 45.2 Å². The number of rotatable bonds is 3. The molecule has 28 heavy (non-hydrogen) atoms. The maximum absolute atomic E-state index is 11.9. The molecule has 0 saturated carbocycles. The largest absolute Gasteiger partial charge is 0.326 e. The predicted octanol–water partition coefficient (Wildman–Crippen LogP) is 5.39. The number of hydrogen-bond donors (Lipinski definition) is 1. The molecular weight excluding hydrogens is 368 g/mol. The van der Waals surface area contributed by atoms with Crippen LogP contribution in [-0.4, -0.2) is 11.2 Å². The molecule has 1 aromatic heterocycles. The van der Waals surface area contributed by atoms with E-state index in [1.807, 2.05) is 42.5 Å². The van der Waals surface area contributed by atoms with Gasteiger partial charge in [-0.1, -0.05) is 59.7 Å². The predicted molar refractivity (Wildman–Crippen MR) is 117 cm³/mol. The van der Waals surface area contributed by atoms with Gasteiger partial charge in [0.15, 0.2) is 0 Å². The molecule has 0 radical (unpaired) electrons. The van der Waals surface area contributed by atoms with Crippen LogP contribution in [0.1, 0.15) is 37.1 Å². The molecule has 2 aliphatic rings. The summed E-state index contributed by atoms with van der Waals surface area (Å²) in [6, 6.07) is 13.5. The first-order valence-electron chi connectivity index (χ1n) is 9.56. The maximum atomic E-state index is 11.9. The van der Waals surface area contributed by atoms with Crippen molar-refractivity contribution in [3.05, 3.63) is 98.0 Å². The van der Waals surface area contributed by atoms with Crippen molar-refractivity contribution in [2.75, 3.05) is 0 Å². The van der Waals surface area contributed by atoms with Crippen molar-refractivity contribution in [3.8, 4) is 0 Å². The smallest absolute Gasteiger partial charge is 0.248 e. The standard InChI is InChI=1S/C24H23ClN2O/c1-3-20-18-11-16(2)14-24(20,21-9-10-23(28)27-22(21)13-18)26-15-19(25)12-17-7-5-4-6-8-17/h3-12,15,18H,13-14H2,1-2H3,(H,27,28). The van der Waals surface area contributed by atoms with E-state index in [9.17, 15) is 4.79 Å². The highest BCUT2D eigenvalue weighted by molar-refractivity contribution is 6.41. The lowest BCUT2D eigenvalue weighted by molar-refractivity contribution is 0.413. The molecule has 1 N–H and O–H groups in total. The van der Waals surface area contributed by atoms with Crippen molar-refractivity contribution in [3.63, 3.8) is 0 Å². The number of halogens is 1. The minimum absolute atomic E-state index is 0.0670. The SMILES string of the molecule is CC=C1C2C=C(C)CC1(N=CC(Cl)=Cc1ccccc1)c1ccc(=O)[nH]c1C2. The van der Waals surface area contributed by atoms with Crippen molar-refractivity contribution in [1.29, 1.82) is 0 Å². The van der Waals surface area contributed by atoms with Gasteiger partial charge in [-0.15, -0.1) is 0 Å². The Hall–Kier alpha value is -2.65. The zero-order valence-electron chi connectivity index (χ0n) is 16.1. The summed E-state index contributed by atoms with van der Waals surface area (Å²) in [7, 11) is 0. The van der Waals surface area contributed by atoms with E-state index in [-0.39, 0.29) is 11.5 Å². The highest BCUT2D eigenvalue weighted by atomic mass is 35.5. The lowest BCUT2D eigenvalue weighted by atomic mass is 9.63. The number of benzene rings is 1. The minimum atomic E-state index is -0.513. The zero-order valence-corrected chi connectivity index (χ0v) is 16.8. The van der Waals surface area contributed by atoms with Gasteiger partial charge in [0.05, 0.1) is 5.03 Å². The van der Waals surface area contributed by atoms with Crippen LogP contribution >= 0.6 is 11.6 Å². The van der Waals surface area contributed by atoms with Gasteiger partial charge in [-0.05, 0) is 43.5 Å². The molecule has 142 valence electrons. The Bertz CT molecular complexity index is 1080. The summed E-state index contributed by atoms with van der Waals surface area (Å²) in [6.07, 6.45) is 9.73. The van der Waals surface area contributed by atoms with Gasteiger partial charge in [0.2, 0.25) is 5.56 Å². The first kappa shape index (κ1) is 18.7. The van der Waals surface area contributed by atoms with Crippen molar-refractivity contribution in [1.82, 2.24) is 4.98 Å². The normalized spacial score (nSPS) is 25.7. The fourth-order valence-corrected chi connectivity index (χ4v) is 4.74. The Labute approximate surface area is 170 Å². The Kier molecular flexibility index (Phi) is 4.94. The van der Waals surface area contributed by atoms with E-state index in [2.05, 4.69) is 31.0 Å². The first-order chi connectivity index (χ1) is 13.5. The van der Waals surface area contributed by atoms with Gasteiger partial charge in [-0.3, -0.25) is 9.79 Å². The van der Waals surface area contributed by atoms with Crippen molar-refractivity contribution in [2.24, 2.45) is 10.9 Å². The average molecular weight is 391 g/mol. The van der Waals surface area contributed by atoms with E-state index in [0.717, 1.165) is 29.7 Å². The summed E-state index contributed by atoms with van der Waals surface area (Å²) in [5, 5.41) is 0.580. The van der Waals surface area contributed by atoms with Crippen LogP contribution in [0.15, 0.2) is 80.6 Å². The number of hydrogen-bond acceptors (Lipinski definition) is 2. The molecule has 0 spiro atoms. The minimum Gasteiger partial charge on any atom is -0.326 e.